The van der Waals surface area contributed by atoms with Crippen molar-refractivity contribution in [2.45, 2.75) is 156 Å². The summed E-state index contributed by atoms with van der Waals surface area (Å²) in [6.07, 6.45) is 4.36. The van der Waals surface area contributed by atoms with Gasteiger partial charge in [0, 0.05) is 0 Å². The zero-order valence-electron chi connectivity index (χ0n) is 31.3. The summed E-state index contributed by atoms with van der Waals surface area (Å²) in [5.74, 6) is 1.42. The predicted octanol–water partition coefficient (Wildman–Crippen LogP) is 9.18. The number of phenolic OH excluding ortho intramolecular Hbond substituents is 2. The molecular formula is C40H63CoNO5. The average Bonchev–Trinajstić information content (AvgIpc) is 2.90. The molecule has 0 saturated carbocycles. The molecule has 1 saturated heterocycles. The maximum atomic E-state index is 13.6. The van der Waals surface area contributed by atoms with Crippen LogP contribution < -0.4 is 0 Å². The van der Waals surface area contributed by atoms with Crippen molar-refractivity contribution in [3.8, 4) is 11.5 Å². The number of aryl methyl sites for hydroxylation is 3. The van der Waals surface area contributed by atoms with Gasteiger partial charge in [-0.1, -0.05) is 13.8 Å². The van der Waals surface area contributed by atoms with E-state index >= 15 is 0 Å². The Morgan fingerprint density at radius 3 is 1.91 bits per heavy atom. The van der Waals surface area contributed by atoms with Crippen LogP contribution in [0.1, 0.15) is 129 Å². The summed E-state index contributed by atoms with van der Waals surface area (Å²) in [5, 5.41) is 22.1. The van der Waals surface area contributed by atoms with Gasteiger partial charge in [-0.2, -0.15) is 0 Å². The molecule has 0 aromatic heterocycles. The molecule has 0 spiro atoms. The number of benzene rings is 2. The van der Waals surface area contributed by atoms with Crippen LogP contribution in [-0.2, 0) is 58.1 Å². The van der Waals surface area contributed by atoms with E-state index in [1.165, 1.54) is 0 Å². The van der Waals surface area contributed by atoms with E-state index in [1.807, 2.05) is 19.1 Å². The number of rotatable bonds is 13. The summed E-state index contributed by atoms with van der Waals surface area (Å²) in [6, 6.07) is 8.20. The number of phenols is 2. The number of carbonyl (C=O) groups excluding carboxylic acids is 1. The fourth-order valence-corrected chi connectivity index (χ4v) is 9.20. The normalized spacial score (nSPS) is 17.4. The molecule has 0 atom stereocenters. The number of likely N-dealkylation sites (tertiary alicyclic amines) is 1. The van der Waals surface area contributed by atoms with Gasteiger partial charge in [0.15, 0.2) is 0 Å². The first-order valence-corrected chi connectivity index (χ1v) is 19.3. The van der Waals surface area contributed by atoms with Crippen molar-refractivity contribution in [2.24, 2.45) is 11.8 Å². The predicted molar refractivity (Wildman–Crippen MR) is 188 cm³/mol. The average molecular weight is 697 g/mol. The second kappa shape index (κ2) is 15.5. The van der Waals surface area contributed by atoms with Gasteiger partial charge in [-0.15, -0.1) is 0 Å². The monoisotopic (exact) mass is 696 g/mol. The molecule has 6 nitrogen and oxygen atoms in total. The Morgan fingerprint density at radius 2 is 1.40 bits per heavy atom. The summed E-state index contributed by atoms with van der Waals surface area (Å²) in [4.78, 5) is 15.4. The summed E-state index contributed by atoms with van der Waals surface area (Å²) < 4.78 is 19.7. The quantitative estimate of drug-likeness (QED) is 0.203. The molecule has 2 aromatic carbocycles. The molecule has 0 unspecified atom stereocenters. The van der Waals surface area contributed by atoms with Crippen molar-refractivity contribution in [3.63, 3.8) is 0 Å². The molecular weight excluding hydrogens is 633 g/mol. The third kappa shape index (κ3) is 10.9. The van der Waals surface area contributed by atoms with E-state index < -0.39 is 13.6 Å². The number of ether oxygens (including phenoxy) is 1. The van der Waals surface area contributed by atoms with Crippen molar-refractivity contribution in [2.75, 3.05) is 5.48 Å². The molecule has 2 aromatic rings. The van der Waals surface area contributed by atoms with Crippen LogP contribution in [0.2, 0.25) is 5.36 Å². The molecule has 0 bridgehead atoms. The van der Waals surface area contributed by atoms with Crippen molar-refractivity contribution in [3.05, 3.63) is 57.6 Å². The standard InChI is InChI=1S/C24H38NO3.C16H25O.Co.O/c1-16(2)11-19-13-18(12-17(3)22(19)27)9-10-21(26)28-20-14-23(4,5)25(8)24(6,7)15-20;1-7-12-9-13(8-11(2)3)15(17)14(10-12)16(4,5)6;;/h12-13,16,20,27H,8-11,14-15H2,1-7H3;9-11,17H,1,7-8H2,2-6H3;;. The molecule has 0 radical (unpaired) electrons. The number of carbonyl (C=O) groups is 1. The molecule has 1 aliphatic rings. The zero-order chi connectivity index (χ0) is 35.5. The molecule has 1 aliphatic heterocycles. The summed E-state index contributed by atoms with van der Waals surface area (Å²) in [6.45, 7) is 25.5. The van der Waals surface area contributed by atoms with Crippen LogP contribution in [0.25, 0.3) is 0 Å². The van der Waals surface area contributed by atoms with E-state index in [0.29, 0.717) is 66.3 Å². The molecule has 2 N–H and O–H groups in total. The molecule has 0 amide bonds. The Kier molecular flexibility index (Phi) is 13.0. The van der Waals surface area contributed by atoms with Crippen LogP contribution in [0.4, 0.5) is 0 Å². The van der Waals surface area contributed by atoms with Crippen molar-refractivity contribution < 1.29 is 37.2 Å². The van der Waals surface area contributed by atoms with E-state index in [0.717, 1.165) is 46.2 Å². The Labute approximate surface area is 289 Å². The molecule has 1 heterocycles. The smallest absolute Gasteiger partial charge is 0.507 e. The van der Waals surface area contributed by atoms with E-state index in [9.17, 15) is 18.9 Å². The number of piperidine rings is 1. The minimum Gasteiger partial charge on any atom is -0.507 e. The topological polar surface area (TPSA) is 87.1 Å². The molecule has 267 valence electrons. The SMILES string of the molecule is Cc1cc(CCC(=O)OC2CC(C)(C)N([CH2][Co](=[O])[CH2]Cc3cc(CC(C)C)c(O)c(C(C)(C)C)c3)C(C)(C)C2)cc(CC(C)C)c1O. The number of esters is 1. The Bertz CT molecular complexity index is 1400. The molecule has 7 heteroatoms. The first-order valence-electron chi connectivity index (χ1n) is 17.4. The Hall–Kier alpha value is -2.22. The van der Waals surface area contributed by atoms with Gasteiger partial charge in [-0.3, -0.25) is 0 Å². The van der Waals surface area contributed by atoms with Crippen LogP contribution >= 0.6 is 0 Å². The maximum absolute atomic E-state index is 13.6. The van der Waals surface area contributed by atoms with Gasteiger partial charge in [0.25, 0.3) is 0 Å². The van der Waals surface area contributed by atoms with Crippen LogP contribution in [0.15, 0.2) is 24.3 Å². The zero-order valence-corrected chi connectivity index (χ0v) is 32.3. The van der Waals surface area contributed by atoms with E-state index in [1.54, 1.807) is 0 Å². The van der Waals surface area contributed by atoms with Crippen molar-refractivity contribution in [1.29, 1.82) is 0 Å². The first kappa shape index (κ1) is 39.2. The number of hydrogen-bond donors (Lipinski definition) is 2. The summed E-state index contributed by atoms with van der Waals surface area (Å²) >= 11 is -1.48. The van der Waals surface area contributed by atoms with Gasteiger partial charge in [0.2, 0.25) is 0 Å². The van der Waals surface area contributed by atoms with Gasteiger partial charge in [0.05, 0.1) is 0 Å². The van der Waals surface area contributed by atoms with Crippen LogP contribution in [0.3, 0.4) is 0 Å². The molecule has 0 aliphatic carbocycles. The Balaban J connectivity index is 1.62. The van der Waals surface area contributed by atoms with Crippen molar-refractivity contribution in [1.82, 2.24) is 4.90 Å². The van der Waals surface area contributed by atoms with Gasteiger partial charge in [-0.05, 0) is 19.3 Å². The number of nitrogens with zero attached hydrogens (tertiary/aromatic N) is 1. The van der Waals surface area contributed by atoms with Gasteiger partial charge < -0.3 is 5.11 Å². The van der Waals surface area contributed by atoms with Crippen LogP contribution in [-0.4, -0.2) is 43.7 Å². The van der Waals surface area contributed by atoms with Crippen molar-refractivity contribution >= 4 is 5.97 Å². The van der Waals surface area contributed by atoms with E-state index in [2.05, 4.69) is 93.2 Å². The minimum absolute atomic E-state index is 0.183. The number of aromatic hydroxyl groups is 2. The van der Waals surface area contributed by atoms with Crippen LogP contribution in [0, 0.1) is 18.8 Å². The Morgan fingerprint density at radius 1 is 0.894 bits per heavy atom. The summed E-state index contributed by atoms with van der Waals surface area (Å²) in [7, 11) is 0. The fourth-order valence-electron chi connectivity index (χ4n) is 7.19. The fraction of sp³-hybridized carbons (Fsp3) is 0.675. The van der Waals surface area contributed by atoms with Gasteiger partial charge in [-0.25, -0.2) is 0 Å². The first-order chi connectivity index (χ1) is 21.6. The minimum atomic E-state index is -1.48. The second-order valence-corrected chi connectivity index (χ2v) is 18.9. The van der Waals surface area contributed by atoms with E-state index in [-0.39, 0.29) is 28.6 Å². The third-order valence-corrected chi connectivity index (χ3v) is 10.9. The van der Waals surface area contributed by atoms with Gasteiger partial charge in [0.1, 0.15) is 5.75 Å². The number of hydrogen-bond acceptors (Lipinski definition) is 6. The van der Waals surface area contributed by atoms with E-state index in [4.69, 9.17) is 4.74 Å². The third-order valence-electron chi connectivity index (χ3n) is 9.36. The second-order valence-electron chi connectivity index (χ2n) is 17.0. The summed E-state index contributed by atoms with van der Waals surface area (Å²) in [5.41, 5.74) is 5.61. The molecule has 1 fully saturated rings. The molecule has 47 heavy (non-hydrogen) atoms. The molecule has 3 rings (SSSR count). The van der Waals surface area contributed by atoms with Crippen LogP contribution in [0.5, 0.6) is 11.5 Å². The van der Waals surface area contributed by atoms with Gasteiger partial charge >= 0.3 is 247 Å².